The Morgan fingerprint density at radius 1 is 1.29 bits per heavy atom. The third-order valence-corrected chi connectivity index (χ3v) is 5.02. The Balaban J connectivity index is 1.76. The van der Waals surface area contributed by atoms with Gasteiger partial charge >= 0.3 is 0 Å². The molecule has 1 aromatic heterocycles. The highest BCUT2D eigenvalue weighted by molar-refractivity contribution is 5.95. The monoisotopic (exact) mass is 424 g/mol. The van der Waals surface area contributed by atoms with Gasteiger partial charge in [0.25, 0.3) is 11.6 Å². The minimum absolute atomic E-state index is 0.153. The number of nitrogens with zero attached hydrogens (tertiary/aromatic N) is 5. The van der Waals surface area contributed by atoms with Gasteiger partial charge in [-0.3, -0.25) is 14.9 Å². The van der Waals surface area contributed by atoms with Gasteiger partial charge in [0.15, 0.2) is 0 Å². The zero-order chi connectivity index (χ0) is 22.4. The number of carbonyl (C=O) groups is 1. The number of nitro benzene ring substituents is 1. The molecule has 0 aliphatic heterocycles. The molecule has 0 aliphatic rings. The molecular weight excluding hydrogens is 400 g/mol. The number of amides is 1. The average molecular weight is 424 g/mol. The number of hydrogen-bond acceptors (Lipinski definition) is 7. The van der Waals surface area contributed by atoms with E-state index in [0.29, 0.717) is 18.8 Å². The number of nitrogens with one attached hydrogen (secondary N) is 1. The van der Waals surface area contributed by atoms with Gasteiger partial charge in [0, 0.05) is 32.3 Å². The maximum absolute atomic E-state index is 13.0. The quantitative estimate of drug-likeness (QED) is 0.319. The highest BCUT2D eigenvalue weighted by Gasteiger charge is 2.23. The molecule has 3 rings (SSSR count). The van der Waals surface area contributed by atoms with Crippen molar-refractivity contribution in [2.75, 3.05) is 32.6 Å². The predicted octanol–water partition coefficient (Wildman–Crippen LogP) is 3.07. The van der Waals surface area contributed by atoms with Gasteiger partial charge < -0.3 is 15.0 Å². The molecule has 3 aromatic rings. The van der Waals surface area contributed by atoms with Gasteiger partial charge in [0.2, 0.25) is 0 Å². The Morgan fingerprint density at radius 2 is 2.03 bits per heavy atom. The van der Waals surface area contributed by atoms with E-state index >= 15 is 0 Å². The third-order valence-electron chi connectivity index (χ3n) is 5.02. The molecule has 0 radical (unpaired) electrons. The first-order valence-electron chi connectivity index (χ1n) is 9.65. The average Bonchev–Trinajstić information content (AvgIpc) is 3.33. The predicted molar refractivity (Wildman–Crippen MR) is 115 cm³/mol. The van der Waals surface area contributed by atoms with Gasteiger partial charge in [-0.2, -0.15) is 5.10 Å². The Morgan fingerprint density at radius 3 is 2.65 bits per heavy atom. The Kier molecular flexibility index (Phi) is 6.93. The van der Waals surface area contributed by atoms with Crippen molar-refractivity contribution >= 4 is 17.3 Å². The van der Waals surface area contributed by atoms with Crippen molar-refractivity contribution in [2.24, 2.45) is 0 Å². The standard InChI is InChI=1S/C21H24N6O4/c1-15(16-4-7-18(8-5-16)26-14-22-13-24-26)25(2)21(28)17-6-9-19(23-10-11-31-3)20(12-17)27(29)30/h4-9,12-15,23H,10-11H2,1-3H3. The van der Waals surface area contributed by atoms with E-state index in [9.17, 15) is 14.9 Å². The molecule has 0 saturated carbocycles. The maximum atomic E-state index is 13.0. The molecule has 1 unspecified atom stereocenters. The summed E-state index contributed by atoms with van der Waals surface area (Å²) in [5.41, 5.74) is 2.22. The fourth-order valence-corrected chi connectivity index (χ4v) is 3.10. The lowest BCUT2D eigenvalue weighted by molar-refractivity contribution is -0.384. The number of rotatable bonds is 9. The molecule has 162 valence electrons. The lowest BCUT2D eigenvalue weighted by atomic mass is 10.1. The second kappa shape index (κ2) is 9.81. The summed E-state index contributed by atoms with van der Waals surface area (Å²) >= 11 is 0. The van der Waals surface area contributed by atoms with Gasteiger partial charge in [-0.1, -0.05) is 12.1 Å². The van der Waals surface area contributed by atoms with Crippen molar-refractivity contribution in [2.45, 2.75) is 13.0 Å². The molecule has 0 spiro atoms. The minimum atomic E-state index is -0.502. The topological polar surface area (TPSA) is 115 Å². The number of benzene rings is 2. The maximum Gasteiger partial charge on any atom is 0.293 e. The highest BCUT2D eigenvalue weighted by Crippen LogP contribution is 2.28. The van der Waals surface area contributed by atoms with Crippen LogP contribution in [0.25, 0.3) is 5.69 Å². The van der Waals surface area contributed by atoms with E-state index in [0.717, 1.165) is 11.3 Å². The van der Waals surface area contributed by atoms with Gasteiger partial charge in [0.1, 0.15) is 18.3 Å². The molecule has 10 nitrogen and oxygen atoms in total. The van der Waals surface area contributed by atoms with Crippen molar-refractivity contribution in [3.8, 4) is 5.69 Å². The number of nitro groups is 1. The molecule has 31 heavy (non-hydrogen) atoms. The molecule has 1 amide bonds. The Hall–Kier alpha value is -3.79. The zero-order valence-electron chi connectivity index (χ0n) is 17.6. The molecule has 1 heterocycles. The SMILES string of the molecule is COCCNc1ccc(C(=O)N(C)C(C)c2ccc(-n3cncn3)cc2)cc1[N+](=O)[O-]. The lowest BCUT2D eigenvalue weighted by Gasteiger charge is -2.25. The van der Waals surface area contributed by atoms with Crippen LogP contribution in [0.5, 0.6) is 0 Å². The van der Waals surface area contributed by atoms with Gasteiger partial charge in [-0.25, -0.2) is 9.67 Å². The summed E-state index contributed by atoms with van der Waals surface area (Å²) in [6, 6.07) is 11.8. The summed E-state index contributed by atoms with van der Waals surface area (Å²) in [5, 5.41) is 18.5. The molecule has 0 saturated heterocycles. The van der Waals surface area contributed by atoms with Gasteiger partial charge in [0.05, 0.1) is 23.3 Å². The second-order valence-electron chi connectivity index (χ2n) is 6.93. The normalized spacial score (nSPS) is 11.7. The smallest absolute Gasteiger partial charge is 0.293 e. The van der Waals surface area contributed by atoms with Crippen LogP contribution in [0, 0.1) is 10.1 Å². The molecule has 0 aliphatic carbocycles. The number of anilines is 1. The number of hydrogen-bond donors (Lipinski definition) is 1. The molecule has 1 atom stereocenters. The first kappa shape index (κ1) is 21.9. The summed E-state index contributed by atoms with van der Waals surface area (Å²) in [6.45, 7) is 2.73. The Labute approximate surface area is 179 Å². The summed E-state index contributed by atoms with van der Waals surface area (Å²) in [4.78, 5) is 29.5. The Bertz CT molecular complexity index is 1040. The summed E-state index contributed by atoms with van der Waals surface area (Å²) in [7, 11) is 3.23. The van der Waals surface area contributed by atoms with E-state index in [1.54, 1.807) is 42.2 Å². The van der Waals surface area contributed by atoms with Crippen LogP contribution in [0.3, 0.4) is 0 Å². The van der Waals surface area contributed by atoms with Crippen LogP contribution in [0.15, 0.2) is 55.1 Å². The molecule has 0 fully saturated rings. The van der Waals surface area contributed by atoms with Crippen LogP contribution < -0.4 is 5.32 Å². The third kappa shape index (κ3) is 5.04. The van der Waals surface area contributed by atoms with E-state index in [2.05, 4.69) is 15.4 Å². The molecule has 2 aromatic carbocycles. The fourth-order valence-electron chi connectivity index (χ4n) is 3.10. The van der Waals surface area contributed by atoms with E-state index < -0.39 is 4.92 Å². The molecular formula is C21H24N6O4. The summed E-state index contributed by atoms with van der Waals surface area (Å²) < 4.78 is 6.60. The molecule has 0 bridgehead atoms. The highest BCUT2D eigenvalue weighted by atomic mass is 16.6. The fraction of sp³-hybridized carbons (Fsp3) is 0.286. The first-order chi connectivity index (χ1) is 14.9. The molecule has 1 N–H and O–H groups in total. The van der Waals surface area contributed by atoms with E-state index in [-0.39, 0.29) is 23.2 Å². The van der Waals surface area contributed by atoms with Gasteiger partial charge in [-0.05, 0) is 36.8 Å². The van der Waals surface area contributed by atoms with Crippen LogP contribution >= 0.6 is 0 Å². The zero-order valence-corrected chi connectivity index (χ0v) is 17.6. The van der Waals surface area contributed by atoms with Gasteiger partial charge in [-0.15, -0.1) is 0 Å². The number of aromatic nitrogens is 3. The second-order valence-corrected chi connectivity index (χ2v) is 6.93. The van der Waals surface area contributed by atoms with Crippen LogP contribution in [-0.2, 0) is 4.74 Å². The van der Waals surface area contributed by atoms with Crippen LogP contribution in [-0.4, -0.2) is 57.8 Å². The van der Waals surface area contributed by atoms with Crippen LogP contribution in [0.1, 0.15) is 28.9 Å². The van der Waals surface area contributed by atoms with Crippen molar-refractivity contribution < 1.29 is 14.5 Å². The van der Waals surface area contributed by atoms with Crippen LogP contribution in [0.2, 0.25) is 0 Å². The summed E-state index contributed by atoms with van der Waals surface area (Å²) in [6.07, 6.45) is 3.06. The first-order valence-corrected chi connectivity index (χ1v) is 9.65. The van der Waals surface area contributed by atoms with Crippen LogP contribution in [0.4, 0.5) is 11.4 Å². The number of methoxy groups -OCH3 is 1. The largest absolute Gasteiger partial charge is 0.383 e. The molecule has 10 heteroatoms. The van der Waals surface area contributed by atoms with E-state index in [4.69, 9.17) is 4.74 Å². The van der Waals surface area contributed by atoms with E-state index in [1.165, 1.54) is 12.4 Å². The minimum Gasteiger partial charge on any atom is -0.383 e. The van der Waals surface area contributed by atoms with E-state index in [1.807, 2.05) is 31.2 Å². The summed E-state index contributed by atoms with van der Waals surface area (Å²) in [5.74, 6) is -0.306. The van der Waals surface area contributed by atoms with Crippen molar-refractivity contribution in [1.29, 1.82) is 0 Å². The van der Waals surface area contributed by atoms with Crippen molar-refractivity contribution in [3.05, 3.63) is 76.4 Å². The van der Waals surface area contributed by atoms with Crippen molar-refractivity contribution in [3.63, 3.8) is 0 Å². The number of ether oxygens (including phenoxy) is 1. The lowest BCUT2D eigenvalue weighted by Crippen LogP contribution is -2.29. The van der Waals surface area contributed by atoms with Crippen molar-refractivity contribution in [1.82, 2.24) is 19.7 Å². The number of carbonyl (C=O) groups excluding carboxylic acids is 1.